The highest BCUT2D eigenvalue weighted by atomic mass is 35.5. The predicted octanol–water partition coefficient (Wildman–Crippen LogP) is 2.97. The zero-order valence-electron chi connectivity index (χ0n) is 15.9. The maximum Gasteiger partial charge on any atom is 0.261 e. The van der Waals surface area contributed by atoms with E-state index in [4.69, 9.17) is 16.3 Å². The van der Waals surface area contributed by atoms with Crippen LogP contribution in [0.5, 0.6) is 0 Å². The molecule has 0 bridgehead atoms. The second-order valence-corrected chi connectivity index (χ2v) is 7.69. The molecule has 1 aliphatic heterocycles. The molecule has 3 heterocycles. The minimum absolute atomic E-state index is 0.130. The zero-order valence-corrected chi connectivity index (χ0v) is 16.6. The van der Waals surface area contributed by atoms with Crippen LogP contribution < -0.4 is 5.56 Å². The summed E-state index contributed by atoms with van der Waals surface area (Å²) >= 11 is 5.88. The van der Waals surface area contributed by atoms with Gasteiger partial charge >= 0.3 is 0 Å². The Morgan fingerprint density at radius 3 is 2.82 bits per heavy atom. The second kappa shape index (κ2) is 7.62. The molecule has 0 spiro atoms. The Hall–Kier alpha value is -2.28. The number of ether oxygens (including phenoxy) is 1. The number of benzene rings is 1. The van der Waals surface area contributed by atoms with Crippen LogP contribution in [0.2, 0.25) is 5.15 Å². The third-order valence-corrected chi connectivity index (χ3v) is 5.80. The standard InChI is InChI=1S/C21H22ClN3O3/c1-12-13(2)20-16(8-15(12)7-14-3-4-19(22)23-9-14)21(27)25(11-24-20)17-5-6-28-10-18(17)26/h3-4,8-9,11,17-18,26H,5-7,10H2,1-2H3/t17-,18-/m0/s1. The monoisotopic (exact) mass is 399 g/mol. The minimum atomic E-state index is -0.711. The van der Waals surface area contributed by atoms with Crippen LogP contribution in [0.15, 0.2) is 35.5 Å². The fourth-order valence-electron chi connectivity index (χ4n) is 3.80. The van der Waals surface area contributed by atoms with Gasteiger partial charge in [0.1, 0.15) is 5.15 Å². The molecule has 6 nitrogen and oxygen atoms in total. The highest BCUT2D eigenvalue weighted by molar-refractivity contribution is 6.29. The molecule has 4 rings (SSSR count). The lowest BCUT2D eigenvalue weighted by atomic mass is 9.95. The Morgan fingerprint density at radius 2 is 2.11 bits per heavy atom. The number of halogens is 1. The van der Waals surface area contributed by atoms with Crippen molar-refractivity contribution in [3.63, 3.8) is 0 Å². The molecule has 1 N–H and O–H groups in total. The van der Waals surface area contributed by atoms with E-state index < -0.39 is 6.10 Å². The Balaban J connectivity index is 1.81. The normalized spacial score (nSPS) is 19.9. The topological polar surface area (TPSA) is 77.2 Å². The van der Waals surface area contributed by atoms with Gasteiger partial charge in [-0.1, -0.05) is 17.7 Å². The molecular formula is C21H22ClN3O3. The quantitative estimate of drug-likeness (QED) is 0.685. The van der Waals surface area contributed by atoms with Gasteiger partial charge in [0.15, 0.2) is 0 Å². The maximum atomic E-state index is 13.2. The van der Waals surface area contributed by atoms with E-state index in [2.05, 4.69) is 9.97 Å². The molecule has 0 saturated carbocycles. The molecule has 0 radical (unpaired) electrons. The molecule has 1 fully saturated rings. The first kappa shape index (κ1) is 19.1. The number of hydrogen-bond donors (Lipinski definition) is 1. The van der Waals surface area contributed by atoms with Crippen LogP contribution in [0.3, 0.4) is 0 Å². The van der Waals surface area contributed by atoms with Crippen LogP contribution in [0.4, 0.5) is 0 Å². The molecule has 0 amide bonds. The van der Waals surface area contributed by atoms with Crippen molar-refractivity contribution in [3.8, 4) is 0 Å². The van der Waals surface area contributed by atoms with E-state index >= 15 is 0 Å². The van der Waals surface area contributed by atoms with Crippen LogP contribution in [-0.2, 0) is 11.2 Å². The molecule has 28 heavy (non-hydrogen) atoms. The largest absolute Gasteiger partial charge is 0.389 e. The Kier molecular flexibility index (Phi) is 5.19. The van der Waals surface area contributed by atoms with Crippen molar-refractivity contribution in [1.82, 2.24) is 14.5 Å². The molecule has 0 aliphatic carbocycles. The van der Waals surface area contributed by atoms with Crippen LogP contribution in [0, 0.1) is 13.8 Å². The highest BCUT2D eigenvalue weighted by Gasteiger charge is 2.27. The molecule has 1 saturated heterocycles. The molecule has 7 heteroatoms. The van der Waals surface area contributed by atoms with Crippen molar-refractivity contribution in [2.75, 3.05) is 13.2 Å². The number of aromatic nitrogens is 3. The van der Waals surface area contributed by atoms with Gasteiger partial charge in [0.25, 0.3) is 5.56 Å². The summed E-state index contributed by atoms with van der Waals surface area (Å²) in [6.45, 7) is 4.79. The third-order valence-electron chi connectivity index (χ3n) is 5.58. The predicted molar refractivity (Wildman–Crippen MR) is 108 cm³/mol. The Labute approximate surface area is 167 Å². The summed E-state index contributed by atoms with van der Waals surface area (Å²) in [5, 5.41) is 11.3. The van der Waals surface area contributed by atoms with Gasteiger partial charge in [0.2, 0.25) is 0 Å². The van der Waals surface area contributed by atoms with E-state index in [0.717, 1.165) is 22.3 Å². The van der Waals surface area contributed by atoms with Crippen LogP contribution in [0.25, 0.3) is 10.9 Å². The van der Waals surface area contributed by atoms with Gasteiger partial charge in [0.05, 0.1) is 36.0 Å². The summed E-state index contributed by atoms with van der Waals surface area (Å²) in [5.41, 5.74) is 4.76. The summed E-state index contributed by atoms with van der Waals surface area (Å²) in [6, 6.07) is 5.31. The van der Waals surface area contributed by atoms with Crippen LogP contribution >= 0.6 is 11.6 Å². The summed E-state index contributed by atoms with van der Waals surface area (Å²) in [5.74, 6) is 0. The number of rotatable bonds is 3. The molecule has 1 aliphatic rings. The number of pyridine rings is 1. The van der Waals surface area contributed by atoms with Crippen molar-refractivity contribution in [1.29, 1.82) is 0 Å². The lowest BCUT2D eigenvalue weighted by Gasteiger charge is -2.29. The van der Waals surface area contributed by atoms with Crippen molar-refractivity contribution in [2.45, 2.75) is 38.8 Å². The average Bonchev–Trinajstić information content (AvgIpc) is 2.69. The van der Waals surface area contributed by atoms with Gasteiger partial charge in [-0.05, 0) is 61.1 Å². The molecule has 3 aromatic rings. The number of fused-ring (bicyclic) bond motifs is 1. The number of aryl methyl sites for hydroxylation is 1. The summed E-state index contributed by atoms with van der Waals surface area (Å²) in [4.78, 5) is 21.9. The first-order valence-electron chi connectivity index (χ1n) is 9.32. The van der Waals surface area contributed by atoms with Gasteiger partial charge in [-0.2, -0.15) is 0 Å². The Morgan fingerprint density at radius 1 is 1.29 bits per heavy atom. The van der Waals surface area contributed by atoms with E-state index in [-0.39, 0.29) is 18.2 Å². The van der Waals surface area contributed by atoms with E-state index in [9.17, 15) is 9.90 Å². The van der Waals surface area contributed by atoms with Crippen LogP contribution in [0.1, 0.15) is 34.7 Å². The van der Waals surface area contributed by atoms with Crippen molar-refractivity contribution in [2.24, 2.45) is 0 Å². The van der Waals surface area contributed by atoms with Gasteiger partial charge < -0.3 is 9.84 Å². The number of hydrogen-bond acceptors (Lipinski definition) is 5. The van der Waals surface area contributed by atoms with Crippen LogP contribution in [-0.4, -0.2) is 39.0 Å². The molecule has 146 valence electrons. The summed E-state index contributed by atoms with van der Waals surface area (Å²) in [7, 11) is 0. The Bertz CT molecular complexity index is 1080. The van der Waals surface area contributed by atoms with Gasteiger partial charge in [-0.3, -0.25) is 9.36 Å². The lowest BCUT2D eigenvalue weighted by Crippen LogP contribution is -2.39. The summed E-state index contributed by atoms with van der Waals surface area (Å²) < 4.78 is 6.84. The van der Waals surface area contributed by atoms with E-state index in [1.807, 2.05) is 26.0 Å². The van der Waals surface area contributed by atoms with Gasteiger partial charge in [0, 0.05) is 12.8 Å². The number of nitrogens with zero attached hydrogens (tertiary/aromatic N) is 3. The van der Waals surface area contributed by atoms with Gasteiger partial charge in [-0.25, -0.2) is 9.97 Å². The SMILES string of the molecule is Cc1c(Cc2ccc(Cl)nc2)cc2c(=O)n([C@H]3CCOC[C@@H]3O)cnc2c1C. The fourth-order valence-corrected chi connectivity index (χ4v) is 3.91. The molecular weight excluding hydrogens is 378 g/mol. The lowest BCUT2D eigenvalue weighted by molar-refractivity contribution is -0.0395. The van der Waals surface area contributed by atoms with E-state index in [1.54, 1.807) is 23.2 Å². The van der Waals surface area contributed by atoms with Gasteiger partial charge in [-0.15, -0.1) is 0 Å². The van der Waals surface area contributed by atoms with E-state index in [0.29, 0.717) is 35.5 Å². The first-order valence-corrected chi connectivity index (χ1v) is 9.69. The zero-order chi connectivity index (χ0) is 19.8. The summed E-state index contributed by atoms with van der Waals surface area (Å²) in [6.07, 6.45) is 3.83. The number of aliphatic hydroxyl groups excluding tert-OH is 1. The maximum absolute atomic E-state index is 13.2. The number of aliphatic hydroxyl groups is 1. The fraction of sp³-hybridized carbons (Fsp3) is 0.381. The molecule has 2 aromatic heterocycles. The molecule has 0 unspecified atom stereocenters. The molecule has 2 atom stereocenters. The van der Waals surface area contributed by atoms with E-state index in [1.165, 1.54) is 0 Å². The molecule has 1 aromatic carbocycles. The van der Waals surface area contributed by atoms with Crippen molar-refractivity contribution >= 4 is 22.5 Å². The highest BCUT2D eigenvalue weighted by Crippen LogP contribution is 2.25. The average molecular weight is 400 g/mol. The third kappa shape index (κ3) is 3.43. The minimum Gasteiger partial charge on any atom is -0.389 e. The van der Waals surface area contributed by atoms with Crippen molar-refractivity contribution < 1.29 is 9.84 Å². The smallest absolute Gasteiger partial charge is 0.261 e. The second-order valence-electron chi connectivity index (χ2n) is 7.30. The van der Waals surface area contributed by atoms with Crippen molar-refractivity contribution in [3.05, 3.63) is 68.5 Å². The first-order chi connectivity index (χ1) is 13.5.